The topological polar surface area (TPSA) is 60.2 Å². The molecule has 2 N–H and O–H groups in total. The molecule has 120 valence electrons. The van der Waals surface area contributed by atoms with Crippen molar-refractivity contribution in [2.75, 3.05) is 0 Å². The summed E-state index contributed by atoms with van der Waals surface area (Å²) in [5.41, 5.74) is 7.78. The number of thiocarbonyl (C=S) groups is 1. The van der Waals surface area contributed by atoms with Crippen LogP contribution in [0.1, 0.15) is 17.0 Å². The molecule has 2 aromatic rings. The Morgan fingerprint density at radius 1 is 1.09 bits per heavy atom. The van der Waals surface area contributed by atoms with E-state index in [2.05, 4.69) is 15.9 Å². The fourth-order valence-electron chi connectivity index (χ4n) is 2.98. The van der Waals surface area contributed by atoms with Crippen molar-refractivity contribution in [1.82, 2.24) is 0 Å². The van der Waals surface area contributed by atoms with Gasteiger partial charge in [-0.1, -0.05) is 58.0 Å². The summed E-state index contributed by atoms with van der Waals surface area (Å²) in [6.07, 6.45) is 0. The van der Waals surface area contributed by atoms with Gasteiger partial charge in [-0.25, -0.2) is 8.42 Å². The lowest BCUT2D eigenvalue weighted by Gasteiger charge is -2.05. The average Bonchev–Trinajstić information content (AvgIpc) is 3.25. The third-order valence-electron chi connectivity index (χ3n) is 4.25. The SMILES string of the molecule is Cc1ccc(S(=O)(=O)[C@@H]2[C@H](C(N)=S)[C@@H]2c2ccc(Br)cc2)cc1. The normalized spacial score (nSPS) is 23.5. The molecular weight excluding hydrogens is 394 g/mol. The monoisotopic (exact) mass is 409 g/mol. The molecule has 0 saturated heterocycles. The van der Waals surface area contributed by atoms with E-state index in [1.54, 1.807) is 24.3 Å². The smallest absolute Gasteiger partial charge is 0.182 e. The van der Waals surface area contributed by atoms with Gasteiger partial charge in [0.25, 0.3) is 0 Å². The molecule has 3 nitrogen and oxygen atoms in total. The number of nitrogens with two attached hydrogens (primary N) is 1. The molecule has 1 aliphatic carbocycles. The zero-order valence-electron chi connectivity index (χ0n) is 12.4. The second kappa shape index (κ2) is 6.00. The van der Waals surface area contributed by atoms with E-state index in [9.17, 15) is 8.42 Å². The molecule has 0 heterocycles. The van der Waals surface area contributed by atoms with Gasteiger partial charge in [0.05, 0.1) is 15.1 Å². The van der Waals surface area contributed by atoms with E-state index in [1.165, 1.54) is 0 Å². The molecule has 23 heavy (non-hydrogen) atoms. The summed E-state index contributed by atoms with van der Waals surface area (Å²) in [7, 11) is -3.46. The van der Waals surface area contributed by atoms with Gasteiger partial charge in [0, 0.05) is 16.3 Å². The lowest BCUT2D eigenvalue weighted by atomic mass is 10.1. The van der Waals surface area contributed by atoms with Gasteiger partial charge in [-0.15, -0.1) is 0 Å². The van der Waals surface area contributed by atoms with Crippen molar-refractivity contribution < 1.29 is 8.42 Å². The minimum absolute atomic E-state index is 0.174. The summed E-state index contributed by atoms with van der Waals surface area (Å²) in [6, 6.07) is 14.6. The second-order valence-electron chi connectivity index (χ2n) is 5.83. The van der Waals surface area contributed by atoms with Gasteiger partial charge in [0.1, 0.15) is 0 Å². The average molecular weight is 410 g/mol. The molecule has 1 fully saturated rings. The predicted molar refractivity (Wildman–Crippen MR) is 99.3 cm³/mol. The van der Waals surface area contributed by atoms with Crippen molar-refractivity contribution in [2.45, 2.75) is 23.0 Å². The molecule has 0 amide bonds. The maximum atomic E-state index is 12.9. The maximum Gasteiger partial charge on any atom is 0.182 e. The van der Waals surface area contributed by atoms with E-state index >= 15 is 0 Å². The molecule has 6 heteroatoms. The predicted octanol–water partition coefficient (Wildman–Crippen LogP) is 3.60. The van der Waals surface area contributed by atoms with Crippen LogP contribution in [0.2, 0.25) is 0 Å². The van der Waals surface area contributed by atoms with Crippen LogP contribution >= 0.6 is 28.1 Å². The molecule has 0 aromatic heterocycles. The largest absolute Gasteiger partial charge is 0.393 e. The fraction of sp³-hybridized carbons (Fsp3) is 0.235. The molecule has 0 radical (unpaired) electrons. The highest BCUT2D eigenvalue weighted by atomic mass is 79.9. The van der Waals surface area contributed by atoms with Crippen molar-refractivity contribution in [3.05, 3.63) is 64.1 Å². The first kappa shape index (κ1) is 16.6. The van der Waals surface area contributed by atoms with Crippen LogP contribution in [0.3, 0.4) is 0 Å². The Bertz CT molecular complexity index is 845. The highest BCUT2D eigenvalue weighted by Crippen LogP contribution is 2.54. The van der Waals surface area contributed by atoms with E-state index in [0.29, 0.717) is 4.90 Å². The summed E-state index contributed by atoms with van der Waals surface area (Å²) in [4.78, 5) is 0.590. The molecule has 0 aliphatic heterocycles. The van der Waals surface area contributed by atoms with Gasteiger partial charge in [-0.05, 0) is 36.8 Å². The van der Waals surface area contributed by atoms with Crippen molar-refractivity contribution in [2.24, 2.45) is 11.7 Å². The van der Waals surface area contributed by atoms with Crippen LogP contribution in [-0.2, 0) is 9.84 Å². The summed E-state index contributed by atoms with van der Waals surface area (Å²) >= 11 is 8.49. The molecule has 0 bridgehead atoms. The van der Waals surface area contributed by atoms with Gasteiger partial charge >= 0.3 is 0 Å². The first-order chi connectivity index (χ1) is 10.8. The van der Waals surface area contributed by atoms with Gasteiger partial charge in [0.2, 0.25) is 0 Å². The number of benzene rings is 2. The third kappa shape index (κ3) is 3.07. The Labute approximate surface area is 149 Å². The van der Waals surface area contributed by atoms with E-state index < -0.39 is 15.1 Å². The number of hydrogen-bond acceptors (Lipinski definition) is 3. The highest BCUT2D eigenvalue weighted by molar-refractivity contribution is 9.10. The quantitative estimate of drug-likeness (QED) is 0.783. The van der Waals surface area contributed by atoms with Gasteiger partial charge in [-0.2, -0.15) is 0 Å². The van der Waals surface area contributed by atoms with E-state index in [4.69, 9.17) is 18.0 Å². The Balaban J connectivity index is 1.98. The highest BCUT2D eigenvalue weighted by Gasteiger charge is 2.60. The van der Waals surface area contributed by atoms with Crippen LogP contribution in [0.4, 0.5) is 0 Å². The first-order valence-corrected chi connectivity index (χ1v) is 9.92. The van der Waals surface area contributed by atoms with E-state index in [0.717, 1.165) is 15.6 Å². The number of halogens is 1. The maximum absolute atomic E-state index is 12.9. The zero-order valence-corrected chi connectivity index (χ0v) is 15.7. The Kier molecular flexibility index (Phi) is 4.33. The first-order valence-electron chi connectivity index (χ1n) is 7.18. The van der Waals surface area contributed by atoms with Crippen LogP contribution in [-0.4, -0.2) is 18.7 Å². The van der Waals surface area contributed by atoms with Crippen LogP contribution in [0.25, 0.3) is 0 Å². The molecule has 3 atom stereocenters. The van der Waals surface area contributed by atoms with Crippen LogP contribution < -0.4 is 5.73 Å². The molecular formula is C17H16BrNO2S2. The number of aryl methyl sites for hydroxylation is 1. The molecule has 0 spiro atoms. The fourth-order valence-corrected chi connectivity index (χ4v) is 5.77. The van der Waals surface area contributed by atoms with Crippen LogP contribution in [0.15, 0.2) is 57.9 Å². The van der Waals surface area contributed by atoms with Crippen LogP contribution in [0.5, 0.6) is 0 Å². The summed E-state index contributed by atoms with van der Waals surface area (Å²) in [5.74, 6) is -0.482. The van der Waals surface area contributed by atoms with Crippen molar-refractivity contribution in [3.63, 3.8) is 0 Å². The minimum Gasteiger partial charge on any atom is -0.393 e. The van der Waals surface area contributed by atoms with Gasteiger partial charge in [0.15, 0.2) is 9.84 Å². The summed E-state index contributed by atoms with van der Waals surface area (Å²) < 4.78 is 26.8. The summed E-state index contributed by atoms with van der Waals surface area (Å²) in [5, 5.41) is -0.580. The lowest BCUT2D eigenvalue weighted by molar-refractivity contribution is 0.593. The summed E-state index contributed by atoms with van der Waals surface area (Å²) in [6.45, 7) is 1.93. The minimum atomic E-state index is -3.46. The molecule has 0 unspecified atom stereocenters. The Morgan fingerprint density at radius 2 is 1.65 bits per heavy atom. The van der Waals surface area contributed by atoms with E-state index in [-0.39, 0.29) is 16.8 Å². The third-order valence-corrected chi connectivity index (χ3v) is 7.28. The van der Waals surface area contributed by atoms with Crippen molar-refractivity contribution >= 4 is 43.0 Å². The Morgan fingerprint density at radius 3 is 2.17 bits per heavy atom. The van der Waals surface area contributed by atoms with Gasteiger partial charge < -0.3 is 5.73 Å². The number of rotatable bonds is 4. The molecule has 3 rings (SSSR count). The lowest BCUT2D eigenvalue weighted by Crippen LogP contribution is -2.17. The second-order valence-corrected chi connectivity index (χ2v) is 9.32. The molecule has 1 aliphatic rings. The van der Waals surface area contributed by atoms with Crippen LogP contribution in [0, 0.1) is 12.8 Å². The number of hydrogen-bond donors (Lipinski definition) is 1. The van der Waals surface area contributed by atoms with Crippen molar-refractivity contribution in [3.8, 4) is 0 Å². The van der Waals surface area contributed by atoms with E-state index in [1.807, 2.05) is 31.2 Å². The van der Waals surface area contributed by atoms with Gasteiger partial charge in [-0.3, -0.25) is 0 Å². The van der Waals surface area contributed by atoms with Crippen molar-refractivity contribution in [1.29, 1.82) is 0 Å². The molecule has 2 aromatic carbocycles. The molecule has 1 saturated carbocycles. The Hall–Kier alpha value is -1.24. The number of sulfone groups is 1. The standard InChI is InChI=1S/C17H16BrNO2S2/c1-10-2-8-13(9-3-10)23(20,21)16-14(15(16)17(19)22)11-4-6-12(18)7-5-11/h2-9,14-16H,1H3,(H2,19,22)/t14-,15+,16-/m0/s1. The zero-order chi connectivity index (χ0) is 16.8.